The van der Waals surface area contributed by atoms with Gasteiger partial charge in [-0.3, -0.25) is 9.59 Å². The van der Waals surface area contributed by atoms with E-state index in [1.54, 1.807) is 54.6 Å². The Balaban J connectivity index is 1.54. The number of ketones is 1. The summed E-state index contributed by atoms with van der Waals surface area (Å²) >= 11 is 12.0. The number of nitrogens with one attached hydrogen (secondary N) is 1. The fourth-order valence-corrected chi connectivity index (χ4v) is 3.47. The lowest BCUT2D eigenvalue weighted by atomic mass is 10.0. The van der Waals surface area contributed by atoms with Crippen molar-refractivity contribution in [1.82, 2.24) is 0 Å². The maximum Gasteiger partial charge on any atom is 0.255 e. The molecule has 1 heterocycles. The molecule has 0 saturated heterocycles. The van der Waals surface area contributed by atoms with Gasteiger partial charge in [-0.2, -0.15) is 0 Å². The standard InChI is InChI=1S/C23H17Cl2NO5/c1-29-20-6-3-14(19(27)9-13-2-5-16(24)17(25)8-13)10-18(20)26-23(28)15-4-7-21-22(11-15)31-12-30-21/h2-8,10-11H,9,12H2,1H3,(H,26,28). The van der Waals surface area contributed by atoms with Crippen molar-refractivity contribution in [2.75, 3.05) is 19.2 Å². The summed E-state index contributed by atoms with van der Waals surface area (Å²) in [5.41, 5.74) is 1.93. The van der Waals surface area contributed by atoms with Crippen LogP contribution >= 0.6 is 23.2 Å². The third-order valence-corrected chi connectivity index (χ3v) is 5.49. The van der Waals surface area contributed by atoms with Crippen molar-refractivity contribution in [3.8, 4) is 17.2 Å². The molecule has 0 spiro atoms. The van der Waals surface area contributed by atoms with Crippen LogP contribution in [0.2, 0.25) is 10.0 Å². The quantitative estimate of drug-likeness (QED) is 0.501. The molecule has 1 aliphatic heterocycles. The summed E-state index contributed by atoms with van der Waals surface area (Å²) in [5.74, 6) is 1.01. The van der Waals surface area contributed by atoms with Gasteiger partial charge in [-0.1, -0.05) is 29.3 Å². The molecule has 31 heavy (non-hydrogen) atoms. The van der Waals surface area contributed by atoms with Crippen LogP contribution in [0, 0.1) is 0 Å². The van der Waals surface area contributed by atoms with Gasteiger partial charge in [0, 0.05) is 17.5 Å². The van der Waals surface area contributed by atoms with Gasteiger partial charge < -0.3 is 19.5 Å². The average molecular weight is 458 g/mol. The fraction of sp³-hybridized carbons (Fsp3) is 0.130. The van der Waals surface area contributed by atoms with Crippen molar-refractivity contribution >= 4 is 40.6 Å². The van der Waals surface area contributed by atoms with E-state index in [4.69, 9.17) is 37.4 Å². The minimum absolute atomic E-state index is 0.122. The molecule has 0 fully saturated rings. The van der Waals surface area contributed by atoms with E-state index in [0.717, 1.165) is 5.56 Å². The minimum atomic E-state index is -0.370. The van der Waals surface area contributed by atoms with E-state index in [1.807, 2.05) is 0 Å². The topological polar surface area (TPSA) is 73.9 Å². The Bertz CT molecular complexity index is 1180. The predicted octanol–water partition coefficient (Wildman–Crippen LogP) is 5.41. The van der Waals surface area contributed by atoms with Crippen LogP contribution in [0.3, 0.4) is 0 Å². The normalized spacial score (nSPS) is 11.8. The van der Waals surface area contributed by atoms with Gasteiger partial charge in [-0.05, 0) is 54.1 Å². The van der Waals surface area contributed by atoms with Gasteiger partial charge in [0.05, 0.1) is 22.8 Å². The number of ether oxygens (including phenoxy) is 3. The number of halogens is 2. The number of hydrogen-bond acceptors (Lipinski definition) is 5. The van der Waals surface area contributed by atoms with E-state index in [2.05, 4.69) is 5.32 Å². The lowest BCUT2D eigenvalue weighted by Crippen LogP contribution is -2.13. The van der Waals surface area contributed by atoms with Gasteiger partial charge in [-0.15, -0.1) is 0 Å². The molecule has 0 radical (unpaired) electrons. The van der Waals surface area contributed by atoms with Gasteiger partial charge in [-0.25, -0.2) is 0 Å². The van der Waals surface area contributed by atoms with Crippen LogP contribution in [-0.4, -0.2) is 25.6 Å². The molecule has 8 heteroatoms. The summed E-state index contributed by atoms with van der Waals surface area (Å²) in [6, 6.07) is 14.8. The Morgan fingerprint density at radius 1 is 0.935 bits per heavy atom. The van der Waals surface area contributed by atoms with E-state index in [0.29, 0.717) is 44.1 Å². The number of Topliss-reactive ketones (excluding diaryl/α,β-unsaturated/α-hetero) is 1. The van der Waals surface area contributed by atoms with Gasteiger partial charge in [0.25, 0.3) is 5.91 Å². The number of carbonyl (C=O) groups is 2. The van der Waals surface area contributed by atoms with Crippen molar-refractivity contribution in [2.24, 2.45) is 0 Å². The molecule has 6 nitrogen and oxygen atoms in total. The number of methoxy groups -OCH3 is 1. The Morgan fingerprint density at radius 2 is 1.71 bits per heavy atom. The highest BCUT2D eigenvalue weighted by atomic mass is 35.5. The Hall–Kier alpha value is -3.22. The van der Waals surface area contributed by atoms with E-state index < -0.39 is 0 Å². The molecule has 0 aromatic heterocycles. The highest BCUT2D eigenvalue weighted by Gasteiger charge is 2.18. The molecule has 0 atom stereocenters. The molecule has 0 unspecified atom stereocenters. The number of hydrogen-bond donors (Lipinski definition) is 1. The van der Waals surface area contributed by atoms with E-state index in [1.165, 1.54) is 7.11 Å². The van der Waals surface area contributed by atoms with Crippen LogP contribution in [0.15, 0.2) is 54.6 Å². The van der Waals surface area contributed by atoms with E-state index >= 15 is 0 Å². The summed E-state index contributed by atoms with van der Waals surface area (Å²) in [7, 11) is 1.49. The molecule has 0 aliphatic carbocycles. The maximum absolute atomic E-state index is 12.8. The zero-order valence-electron chi connectivity index (χ0n) is 16.4. The molecule has 4 rings (SSSR count). The van der Waals surface area contributed by atoms with Crippen LogP contribution < -0.4 is 19.5 Å². The summed E-state index contributed by atoms with van der Waals surface area (Å²) in [4.78, 5) is 25.5. The van der Waals surface area contributed by atoms with Gasteiger partial charge in [0.15, 0.2) is 17.3 Å². The summed E-state index contributed by atoms with van der Waals surface area (Å²) in [6.07, 6.45) is 0.138. The van der Waals surface area contributed by atoms with Gasteiger partial charge in [0.1, 0.15) is 5.75 Å². The molecule has 3 aromatic rings. The molecule has 158 valence electrons. The molecule has 1 amide bonds. The lowest BCUT2D eigenvalue weighted by Gasteiger charge is -2.12. The second-order valence-corrected chi connectivity index (χ2v) is 7.60. The van der Waals surface area contributed by atoms with E-state index in [-0.39, 0.29) is 24.9 Å². The minimum Gasteiger partial charge on any atom is -0.495 e. The molecular weight excluding hydrogens is 441 g/mol. The zero-order chi connectivity index (χ0) is 22.0. The Labute approximate surface area is 188 Å². The van der Waals surface area contributed by atoms with Crippen LogP contribution in [0.1, 0.15) is 26.3 Å². The molecule has 1 aliphatic rings. The van der Waals surface area contributed by atoms with Crippen molar-refractivity contribution in [1.29, 1.82) is 0 Å². The summed E-state index contributed by atoms with van der Waals surface area (Å²) in [6.45, 7) is 0.122. The largest absolute Gasteiger partial charge is 0.495 e. The summed E-state index contributed by atoms with van der Waals surface area (Å²) < 4.78 is 15.9. The van der Waals surface area contributed by atoms with Crippen LogP contribution in [0.25, 0.3) is 0 Å². The fourth-order valence-electron chi connectivity index (χ4n) is 3.15. The highest BCUT2D eigenvalue weighted by molar-refractivity contribution is 6.42. The first kappa shape index (κ1) is 21.0. The molecule has 0 bridgehead atoms. The zero-order valence-corrected chi connectivity index (χ0v) is 17.9. The monoisotopic (exact) mass is 457 g/mol. The first-order chi connectivity index (χ1) is 14.9. The Morgan fingerprint density at radius 3 is 2.48 bits per heavy atom. The van der Waals surface area contributed by atoms with E-state index in [9.17, 15) is 9.59 Å². The highest BCUT2D eigenvalue weighted by Crippen LogP contribution is 2.33. The van der Waals surface area contributed by atoms with Crippen LogP contribution in [-0.2, 0) is 6.42 Å². The summed E-state index contributed by atoms with van der Waals surface area (Å²) in [5, 5.41) is 3.61. The number of rotatable bonds is 6. The Kier molecular flexibility index (Phi) is 6.02. The van der Waals surface area contributed by atoms with Crippen molar-refractivity contribution in [2.45, 2.75) is 6.42 Å². The average Bonchev–Trinajstić information content (AvgIpc) is 3.24. The number of anilines is 1. The number of fused-ring (bicyclic) bond motifs is 1. The molecule has 0 saturated carbocycles. The molecular formula is C23H17Cl2NO5. The van der Waals surface area contributed by atoms with Gasteiger partial charge >= 0.3 is 0 Å². The number of benzene rings is 3. The molecule has 3 aromatic carbocycles. The SMILES string of the molecule is COc1ccc(C(=O)Cc2ccc(Cl)c(Cl)c2)cc1NC(=O)c1ccc2c(c1)OCO2. The third-order valence-electron chi connectivity index (χ3n) is 4.75. The van der Waals surface area contributed by atoms with Crippen LogP contribution in [0.5, 0.6) is 17.2 Å². The smallest absolute Gasteiger partial charge is 0.255 e. The number of carbonyl (C=O) groups excluding carboxylic acids is 2. The first-order valence-corrected chi connectivity index (χ1v) is 10.1. The third kappa shape index (κ3) is 4.60. The lowest BCUT2D eigenvalue weighted by molar-refractivity contribution is 0.0989. The second-order valence-electron chi connectivity index (χ2n) is 6.79. The predicted molar refractivity (Wildman–Crippen MR) is 118 cm³/mol. The first-order valence-electron chi connectivity index (χ1n) is 9.31. The van der Waals surface area contributed by atoms with Crippen molar-refractivity contribution in [3.63, 3.8) is 0 Å². The van der Waals surface area contributed by atoms with Gasteiger partial charge in [0.2, 0.25) is 6.79 Å². The van der Waals surface area contributed by atoms with Crippen LogP contribution in [0.4, 0.5) is 5.69 Å². The molecule has 1 N–H and O–H groups in total. The van der Waals surface area contributed by atoms with Crippen molar-refractivity contribution < 1.29 is 23.8 Å². The van der Waals surface area contributed by atoms with Crippen molar-refractivity contribution in [3.05, 3.63) is 81.3 Å². The maximum atomic E-state index is 12.8. The second kappa shape index (κ2) is 8.88. The number of amides is 1.